The van der Waals surface area contributed by atoms with Gasteiger partial charge in [0.05, 0.1) is 23.3 Å². The van der Waals surface area contributed by atoms with Gasteiger partial charge in [0.25, 0.3) is 0 Å². The number of ether oxygens (including phenoxy) is 1. The summed E-state index contributed by atoms with van der Waals surface area (Å²) in [4.78, 5) is 5.88. The van der Waals surface area contributed by atoms with Crippen LogP contribution in [0.5, 0.6) is 11.6 Å². The number of hydrogen-bond donors (Lipinski definition) is 1. The molecule has 1 fully saturated rings. The van der Waals surface area contributed by atoms with Crippen LogP contribution in [0.15, 0.2) is 48.7 Å². The van der Waals surface area contributed by atoms with Gasteiger partial charge in [-0.3, -0.25) is 0 Å². The molecular formula is C20H19ClN6O. The summed E-state index contributed by atoms with van der Waals surface area (Å²) in [5.41, 5.74) is 7.93. The van der Waals surface area contributed by atoms with Crippen LogP contribution in [0.1, 0.15) is 18.9 Å². The highest BCUT2D eigenvalue weighted by atomic mass is 35.5. The van der Waals surface area contributed by atoms with Crippen LogP contribution in [0, 0.1) is 11.5 Å². The highest BCUT2D eigenvalue weighted by molar-refractivity contribution is 6.30. The molecule has 0 bridgehead atoms. The van der Waals surface area contributed by atoms with E-state index in [9.17, 15) is 0 Å². The normalized spacial score (nSPS) is 16.6. The van der Waals surface area contributed by atoms with Crippen LogP contribution in [0.25, 0.3) is 11.3 Å². The SMILES string of the molecule is N#CN1CCCC(n2nc(-c3ccc(Oc4ccc(Cl)cn4)cc3)cc2N)C1. The lowest BCUT2D eigenvalue weighted by Crippen LogP contribution is -2.34. The van der Waals surface area contributed by atoms with Gasteiger partial charge < -0.3 is 15.4 Å². The fraction of sp³-hybridized carbons (Fsp3) is 0.250. The van der Waals surface area contributed by atoms with Crippen molar-refractivity contribution in [3.63, 3.8) is 0 Å². The van der Waals surface area contributed by atoms with Crippen LogP contribution in [-0.2, 0) is 0 Å². The van der Waals surface area contributed by atoms with E-state index >= 15 is 0 Å². The van der Waals surface area contributed by atoms with Gasteiger partial charge in [-0.15, -0.1) is 0 Å². The van der Waals surface area contributed by atoms with Gasteiger partial charge in [-0.25, -0.2) is 9.67 Å². The fourth-order valence-corrected chi connectivity index (χ4v) is 3.44. The molecule has 0 aliphatic carbocycles. The number of nitriles is 1. The van der Waals surface area contributed by atoms with Crippen molar-refractivity contribution >= 4 is 17.4 Å². The molecule has 4 rings (SSSR count). The number of benzene rings is 1. The number of piperidine rings is 1. The molecule has 0 radical (unpaired) electrons. The molecule has 0 saturated carbocycles. The van der Waals surface area contributed by atoms with Crippen LogP contribution in [0.4, 0.5) is 5.82 Å². The third kappa shape index (κ3) is 3.87. The Kier molecular flexibility index (Phi) is 5.04. The summed E-state index contributed by atoms with van der Waals surface area (Å²) in [5.74, 6) is 1.75. The number of pyridine rings is 1. The number of rotatable bonds is 4. The number of nitrogen functional groups attached to an aromatic ring is 1. The molecule has 0 amide bonds. The molecule has 3 aromatic rings. The van der Waals surface area contributed by atoms with E-state index in [0.717, 1.165) is 30.6 Å². The molecule has 8 heteroatoms. The van der Waals surface area contributed by atoms with Crippen molar-refractivity contribution in [1.82, 2.24) is 19.7 Å². The van der Waals surface area contributed by atoms with Gasteiger partial charge in [-0.2, -0.15) is 10.4 Å². The van der Waals surface area contributed by atoms with Gasteiger partial charge in [0, 0.05) is 30.4 Å². The largest absolute Gasteiger partial charge is 0.439 e. The molecular weight excluding hydrogens is 376 g/mol. The number of halogens is 1. The zero-order valence-corrected chi connectivity index (χ0v) is 15.9. The molecule has 1 atom stereocenters. The zero-order chi connectivity index (χ0) is 19.5. The highest BCUT2D eigenvalue weighted by Crippen LogP contribution is 2.29. The third-order valence-electron chi connectivity index (χ3n) is 4.72. The van der Waals surface area contributed by atoms with E-state index in [1.54, 1.807) is 23.2 Å². The lowest BCUT2D eigenvalue weighted by atomic mass is 10.1. The maximum atomic E-state index is 9.15. The molecule has 2 N–H and O–H groups in total. The molecule has 1 aromatic carbocycles. The summed E-state index contributed by atoms with van der Waals surface area (Å²) in [6.07, 6.45) is 5.68. The Balaban J connectivity index is 1.50. The molecule has 3 heterocycles. The zero-order valence-electron chi connectivity index (χ0n) is 15.1. The molecule has 2 aromatic heterocycles. The van der Waals surface area contributed by atoms with Crippen LogP contribution < -0.4 is 10.5 Å². The topological polar surface area (TPSA) is 93.0 Å². The Morgan fingerprint density at radius 3 is 2.75 bits per heavy atom. The second-order valence-corrected chi connectivity index (χ2v) is 7.12. The van der Waals surface area contributed by atoms with Crippen molar-refractivity contribution in [3.05, 3.63) is 53.7 Å². The van der Waals surface area contributed by atoms with Gasteiger partial charge >= 0.3 is 0 Å². The summed E-state index contributed by atoms with van der Waals surface area (Å²) < 4.78 is 7.55. The summed E-state index contributed by atoms with van der Waals surface area (Å²) in [7, 11) is 0. The van der Waals surface area contributed by atoms with Crippen LogP contribution in [0.3, 0.4) is 0 Å². The quantitative estimate of drug-likeness (QED) is 0.670. The van der Waals surface area contributed by atoms with Gasteiger partial charge in [0.2, 0.25) is 5.88 Å². The Labute approximate surface area is 167 Å². The first-order chi connectivity index (χ1) is 13.6. The maximum absolute atomic E-state index is 9.15. The van der Waals surface area contributed by atoms with Gasteiger partial charge in [-0.1, -0.05) is 11.6 Å². The maximum Gasteiger partial charge on any atom is 0.219 e. The average molecular weight is 395 g/mol. The molecule has 1 aliphatic rings. The van der Waals surface area contributed by atoms with Crippen molar-refractivity contribution in [2.24, 2.45) is 0 Å². The Morgan fingerprint density at radius 1 is 1.21 bits per heavy atom. The predicted octanol–water partition coefficient (Wildman–Crippen LogP) is 4.09. The molecule has 1 unspecified atom stereocenters. The molecule has 1 aliphatic heterocycles. The summed E-state index contributed by atoms with van der Waals surface area (Å²) >= 11 is 5.83. The molecule has 142 valence electrons. The summed E-state index contributed by atoms with van der Waals surface area (Å²) in [6.45, 7) is 1.44. The van der Waals surface area contributed by atoms with Crippen molar-refractivity contribution < 1.29 is 4.74 Å². The van der Waals surface area contributed by atoms with Gasteiger partial charge in [0.15, 0.2) is 6.19 Å². The minimum absolute atomic E-state index is 0.112. The number of hydrogen-bond acceptors (Lipinski definition) is 6. The summed E-state index contributed by atoms with van der Waals surface area (Å²) in [6, 6.07) is 13.0. The van der Waals surface area contributed by atoms with Crippen molar-refractivity contribution in [3.8, 4) is 29.1 Å². The Bertz CT molecular complexity index is 993. The van der Waals surface area contributed by atoms with Crippen LogP contribution in [0.2, 0.25) is 5.02 Å². The second kappa shape index (κ2) is 7.79. The van der Waals surface area contributed by atoms with E-state index in [1.807, 2.05) is 35.0 Å². The van der Waals surface area contributed by atoms with E-state index in [-0.39, 0.29) is 6.04 Å². The van der Waals surface area contributed by atoms with Crippen LogP contribution >= 0.6 is 11.6 Å². The van der Waals surface area contributed by atoms with Gasteiger partial charge in [0.1, 0.15) is 11.6 Å². The van der Waals surface area contributed by atoms with Gasteiger partial charge in [-0.05, 0) is 43.2 Å². The number of nitrogens with zero attached hydrogens (tertiary/aromatic N) is 5. The first-order valence-corrected chi connectivity index (χ1v) is 9.40. The highest BCUT2D eigenvalue weighted by Gasteiger charge is 2.23. The average Bonchev–Trinajstić information content (AvgIpc) is 3.12. The minimum atomic E-state index is 0.112. The predicted molar refractivity (Wildman–Crippen MR) is 107 cm³/mol. The standard InChI is InChI=1S/C20H19ClN6O/c21-15-5-8-20(24-11-15)28-17-6-3-14(4-7-17)18-10-19(23)27(25-18)16-2-1-9-26(12-16)13-22/h3-8,10-11,16H,1-2,9,12,23H2. The minimum Gasteiger partial charge on any atom is -0.439 e. The molecule has 1 saturated heterocycles. The number of likely N-dealkylation sites (tertiary alicyclic amines) is 1. The number of anilines is 1. The van der Waals surface area contributed by atoms with E-state index in [4.69, 9.17) is 27.3 Å². The number of nitrogens with two attached hydrogens (primary N) is 1. The van der Waals surface area contributed by atoms with Crippen molar-refractivity contribution in [2.75, 3.05) is 18.8 Å². The second-order valence-electron chi connectivity index (χ2n) is 6.68. The first kappa shape index (κ1) is 18.1. The Morgan fingerprint density at radius 2 is 2.04 bits per heavy atom. The summed E-state index contributed by atoms with van der Waals surface area (Å²) in [5, 5.41) is 14.4. The molecule has 7 nitrogen and oxygen atoms in total. The van der Waals surface area contributed by atoms with E-state index in [0.29, 0.717) is 29.0 Å². The van der Waals surface area contributed by atoms with Crippen molar-refractivity contribution in [1.29, 1.82) is 5.26 Å². The van der Waals surface area contributed by atoms with Crippen molar-refractivity contribution in [2.45, 2.75) is 18.9 Å². The smallest absolute Gasteiger partial charge is 0.219 e. The lowest BCUT2D eigenvalue weighted by molar-refractivity contribution is 0.235. The Hall–Kier alpha value is -3.24. The lowest BCUT2D eigenvalue weighted by Gasteiger charge is -2.29. The fourth-order valence-electron chi connectivity index (χ4n) is 3.32. The molecule has 0 spiro atoms. The number of aromatic nitrogens is 3. The van der Waals surface area contributed by atoms with E-state index in [1.165, 1.54) is 0 Å². The third-order valence-corrected chi connectivity index (χ3v) is 4.94. The van der Waals surface area contributed by atoms with Crippen LogP contribution in [-0.4, -0.2) is 32.8 Å². The molecule has 28 heavy (non-hydrogen) atoms. The first-order valence-electron chi connectivity index (χ1n) is 9.02. The van der Waals surface area contributed by atoms with E-state index in [2.05, 4.69) is 16.3 Å². The monoisotopic (exact) mass is 394 g/mol. The van der Waals surface area contributed by atoms with E-state index < -0.39 is 0 Å².